The van der Waals surface area contributed by atoms with Gasteiger partial charge in [0.05, 0.1) is 16.6 Å². The molecule has 1 saturated heterocycles. The van der Waals surface area contributed by atoms with E-state index in [-0.39, 0.29) is 5.91 Å². The summed E-state index contributed by atoms with van der Waals surface area (Å²) in [7, 11) is 0. The van der Waals surface area contributed by atoms with Crippen molar-refractivity contribution in [1.82, 2.24) is 10.2 Å². The van der Waals surface area contributed by atoms with Gasteiger partial charge >= 0.3 is 0 Å². The maximum Gasteiger partial charge on any atom is 0.230 e. The van der Waals surface area contributed by atoms with Crippen LogP contribution in [0.4, 0.5) is 0 Å². The van der Waals surface area contributed by atoms with E-state index in [4.69, 9.17) is 4.74 Å². The lowest BCUT2D eigenvalue weighted by Gasteiger charge is -2.26. The van der Waals surface area contributed by atoms with Crippen LogP contribution in [-0.4, -0.2) is 42.8 Å². The Labute approximate surface area is 170 Å². The number of hydrogen-bond donors (Lipinski definition) is 1. The van der Waals surface area contributed by atoms with Crippen LogP contribution >= 0.6 is 23.1 Å². The van der Waals surface area contributed by atoms with Crippen LogP contribution in [0.25, 0.3) is 0 Å². The van der Waals surface area contributed by atoms with Gasteiger partial charge in [-0.2, -0.15) is 0 Å². The van der Waals surface area contributed by atoms with Crippen LogP contribution in [0.1, 0.15) is 31.2 Å². The minimum Gasteiger partial charge on any atom is -0.494 e. The Hall–Kier alpha value is -1.50. The second-order valence-corrected chi connectivity index (χ2v) is 8.98. The molecule has 1 fully saturated rings. The average Bonchev–Trinajstić information content (AvgIpc) is 3.21. The van der Waals surface area contributed by atoms with Crippen molar-refractivity contribution < 1.29 is 9.53 Å². The first-order chi connectivity index (χ1) is 13.3. The molecule has 0 bridgehead atoms. The van der Waals surface area contributed by atoms with Crippen LogP contribution in [-0.2, 0) is 11.3 Å². The molecule has 6 heteroatoms. The highest BCUT2D eigenvalue weighted by molar-refractivity contribution is 8.01. The van der Waals surface area contributed by atoms with Gasteiger partial charge in [-0.1, -0.05) is 24.6 Å². The molecule has 0 spiro atoms. The van der Waals surface area contributed by atoms with Crippen LogP contribution < -0.4 is 10.1 Å². The van der Waals surface area contributed by atoms with Crippen molar-refractivity contribution in [2.45, 2.75) is 36.4 Å². The standard InChI is InChI=1S/C21H28N2O2S2/c24-20(17-27-21-9-5-14-26-21)22-10-6-13-25-19-8-4-7-18(15-19)16-23-11-2-1-3-12-23/h4-5,7-9,14-15H,1-3,6,10-13,16-17H2,(H,22,24). The number of likely N-dealkylation sites (tertiary alicyclic amines) is 1. The van der Waals surface area contributed by atoms with Gasteiger partial charge in [0.15, 0.2) is 0 Å². The molecule has 2 aromatic rings. The molecule has 3 rings (SSSR count). The lowest BCUT2D eigenvalue weighted by atomic mass is 10.1. The predicted molar refractivity (Wildman–Crippen MR) is 114 cm³/mol. The van der Waals surface area contributed by atoms with Gasteiger partial charge in [-0.15, -0.1) is 23.1 Å². The van der Waals surface area contributed by atoms with E-state index in [9.17, 15) is 4.79 Å². The molecule has 27 heavy (non-hydrogen) atoms. The fourth-order valence-corrected chi connectivity index (χ4v) is 4.75. The smallest absolute Gasteiger partial charge is 0.230 e. The zero-order valence-electron chi connectivity index (χ0n) is 15.7. The van der Waals surface area contributed by atoms with Gasteiger partial charge in [0.1, 0.15) is 5.75 Å². The number of amides is 1. The molecule has 4 nitrogen and oxygen atoms in total. The van der Waals surface area contributed by atoms with Gasteiger partial charge < -0.3 is 10.1 Å². The van der Waals surface area contributed by atoms with Crippen molar-refractivity contribution in [2.24, 2.45) is 0 Å². The quantitative estimate of drug-likeness (QED) is 0.470. The number of carbonyl (C=O) groups is 1. The summed E-state index contributed by atoms with van der Waals surface area (Å²) in [6, 6.07) is 12.4. The van der Waals surface area contributed by atoms with Crippen molar-refractivity contribution in [3.8, 4) is 5.75 Å². The third-order valence-corrected chi connectivity index (χ3v) is 6.64. The summed E-state index contributed by atoms with van der Waals surface area (Å²) >= 11 is 3.25. The second kappa shape index (κ2) is 11.4. The van der Waals surface area contributed by atoms with E-state index in [1.165, 1.54) is 42.1 Å². The molecule has 0 atom stereocenters. The van der Waals surface area contributed by atoms with Crippen molar-refractivity contribution >= 4 is 29.0 Å². The van der Waals surface area contributed by atoms with E-state index < -0.39 is 0 Å². The van der Waals surface area contributed by atoms with Crippen molar-refractivity contribution in [2.75, 3.05) is 32.0 Å². The maximum atomic E-state index is 11.8. The van der Waals surface area contributed by atoms with Gasteiger partial charge in [-0.05, 0) is 61.5 Å². The maximum absolute atomic E-state index is 11.8. The fourth-order valence-electron chi connectivity index (χ4n) is 3.13. The molecule has 0 saturated carbocycles. The molecule has 1 amide bonds. The number of carbonyl (C=O) groups excluding carboxylic acids is 1. The molecule has 0 radical (unpaired) electrons. The number of thioether (sulfide) groups is 1. The van der Waals surface area contributed by atoms with Crippen LogP contribution in [0.15, 0.2) is 46.0 Å². The Kier molecular flexibility index (Phi) is 8.52. The topological polar surface area (TPSA) is 41.6 Å². The summed E-state index contributed by atoms with van der Waals surface area (Å²) in [4.78, 5) is 14.4. The van der Waals surface area contributed by atoms with Crippen molar-refractivity contribution in [3.05, 3.63) is 47.3 Å². The number of benzene rings is 1. The Bertz CT molecular complexity index is 685. The van der Waals surface area contributed by atoms with E-state index in [0.29, 0.717) is 18.9 Å². The van der Waals surface area contributed by atoms with Crippen LogP contribution in [0, 0.1) is 0 Å². The Balaban J connectivity index is 1.29. The van der Waals surface area contributed by atoms with Gasteiger partial charge in [0, 0.05) is 13.1 Å². The third kappa shape index (κ3) is 7.56. The van der Waals surface area contributed by atoms with E-state index >= 15 is 0 Å². The summed E-state index contributed by atoms with van der Waals surface area (Å²) < 4.78 is 7.04. The predicted octanol–water partition coefficient (Wildman–Crippen LogP) is 4.41. The molecular weight excluding hydrogens is 376 g/mol. The summed E-state index contributed by atoms with van der Waals surface area (Å²) in [5, 5.41) is 4.98. The molecule has 1 aliphatic rings. The second-order valence-electron chi connectivity index (χ2n) is 6.76. The number of thiophene rings is 1. The molecule has 146 valence electrons. The molecule has 2 heterocycles. The Morgan fingerprint density at radius 2 is 2.07 bits per heavy atom. The zero-order valence-corrected chi connectivity index (χ0v) is 17.3. The van der Waals surface area contributed by atoms with Crippen molar-refractivity contribution in [1.29, 1.82) is 0 Å². The number of rotatable bonds is 10. The van der Waals surface area contributed by atoms with Crippen LogP contribution in [0.5, 0.6) is 5.75 Å². The third-order valence-electron chi connectivity index (χ3n) is 4.51. The molecule has 1 aliphatic heterocycles. The number of piperidine rings is 1. The van der Waals surface area contributed by atoms with E-state index in [1.54, 1.807) is 23.1 Å². The Morgan fingerprint density at radius 3 is 2.89 bits per heavy atom. The lowest BCUT2D eigenvalue weighted by molar-refractivity contribution is -0.118. The molecule has 1 aromatic carbocycles. The van der Waals surface area contributed by atoms with E-state index in [2.05, 4.69) is 28.4 Å². The normalized spacial score (nSPS) is 14.8. The summed E-state index contributed by atoms with van der Waals surface area (Å²) in [5.41, 5.74) is 1.31. The number of nitrogens with zero attached hydrogens (tertiary/aromatic N) is 1. The number of ether oxygens (including phenoxy) is 1. The van der Waals surface area contributed by atoms with Crippen LogP contribution in [0.3, 0.4) is 0 Å². The highest BCUT2D eigenvalue weighted by Crippen LogP contribution is 2.22. The molecule has 1 aromatic heterocycles. The number of hydrogen-bond acceptors (Lipinski definition) is 5. The highest BCUT2D eigenvalue weighted by Gasteiger charge is 2.10. The summed E-state index contributed by atoms with van der Waals surface area (Å²) in [5.74, 6) is 1.47. The monoisotopic (exact) mass is 404 g/mol. The minimum absolute atomic E-state index is 0.0805. The van der Waals surface area contributed by atoms with Gasteiger partial charge in [-0.3, -0.25) is 9.69 Å². The molecule has 0 unspecified atom stereocenters. The zero-order chi connectivity index (χ0) is 18.7. The first-order valence-electron chi connectivity index (χ1n) is 9.67. The molecule has 1 N–H and O–H groups in total. The lowest BCUT2D eigenvalue weighted by Crippen LogP contribution is -2.29. The molecule has 0 aliphatic carbocycles. The minimum atomic E-state index is 0.0805. The van der Waals surface area contributed by atoms with Gasteiger partial charge in [0.25, 0.3) is 0 Å². The average molecular weight is 405 g/mol. The summed E-state index contributed by atoms with van der Waals surface area (Å²) in [6.07, 6.45) is 4.80. The fraction of sp³-hybridized carbons (Fsp3) is 0.476. The summed E-state index contributed by atoms with van der Waals surface area (Å²) in [6.45, 7) is 4.68. The van der Waals surface area contributed by atoms with E-state index in [0.717, 1.165) is 18.7 Å². The highest BCUT2D eigenvalue weighted by atomic mass is 32.2. The van der Waals surface area contributed by atoms with Gasteiger partial charge in [-0.25, -0.2) is 0 Å². The van der Waals surface area contributed by atoms with E-state index in [1.807, 2.05) is 23.6 Å². The largest absolute Gasteiger partial charge is 0.494 e. The van der Waals surface area contributed by atoms with Crippen molar-refractivity contribution in [3.63, 3.8) is 0 Å². The Morgan fingerprint density at radius 1 is 1.19 bits per heavy atom. The molecular formula is C21H28N2O2S2. The van der Waals surface area contributed by atoms with Gasteiger partial charge in [0.2, 0.25) is 5.91 Å². The van der Waals surface area contributed by atoms with Crippen LogP contribution in [0.2, 0.25) is 0 Å². The number of nitrogens with one attached hydrogen (secondary N) is 1. The SMILES string of the molecule is O=C(CSc1cccs1)NCCCOc1cccc(CN2CCCCC2)c1. The first kappa shape index (κ1) is 20.2. The first-order valence-corrected chi connectivity index (χ1v) is 11.5.